The fourth-order valence-electron chi connectivity index (χ4n) is 2.55. The first-order valence-corrected chi connectivity index (χ1v) is 8.38. The zero-order chi connectivity index (χ0) is 21.7. The molecule has 0 saturated heterocycles. The second-order valence-corrected chi connectivity index (χ2v) is 5.85. The maximum atomic E-state index is 13.8. The minimum absolute atomic E-state index is 0.0900. The number of nitro groups is 1. The number of nitrogens with one attached hydrogen (secondary N) is 1. The van der Waals surface area contributed by atoms with E-state index < -0.39 is 16.6 Å². The van der Waals surface area contributed by atoms with E-state index in [0.29, 0.717) is 17.1 Å². The molecule has 1 heterocycles. The Balaban J connectivity index is 1.75. The van der Waals surface area contributed by atoms with Gasteiger partial charge in [-0.1, -0.05) is 0 Å². The molecule has 0 bridgehead atoms. The summed E-state index contributed by atoms with van der Waals surface area (Å²) in [6.07, 6.45) is 1.19. The van der Waals surface area contributed by atoms with E-state index >= 15 is 0 Å². The van der Waals surface area contributed by atoms with Crippen molar-refractivity contribution in [2.24, 2.45) is 5.10 Å². The lowest BCUT2D eigenvalue weighted by molar-refractivity contribution is -0.384. The van der Waals surface area contributed by atoms with Gasteiger partial charge in [0.2, 0.25) is 0 Å². The number of nitro benzene ring substituents is 1. The largest absolute Gasteiger partial charge is 0.496 e. The molecule has 1 aromatic heterocycles. The fraction of sp³-hybridized carbons (Fsp3) is 0.0500. The molecule has 1 N–H and O–H groups in total. The molecular formula is C20H13FN4O5. The van der Waals surface area contributed by atoms with E-state index in [9.17, 15) is 19.3 Å². The van der Waals surface area contributed by atoms with E-state index in [1.54, 1.807) is 12.1 Å². The standard InChI is InChI=1S/C20H13FN4O5/c1-29-18-6-3-13(25(27)28)9-16(18)19-7-4-14(30-19)11-23-24-20(26)15-5-2-12(10-22)8-17(15)21/h2-9,11H,1H3,(H,24,26)/b23-11+. The molecule has 0 unspecified atom stereocenters. The Morgan fingerprint density at radius 1 is 1.30 bits per heavy atom. The maximum Gasteiger partial charge on any atom is 0.274 e. The lowest BCUT2D eigenvalue weighted by atomic mass is 10.1. The first-order valence-electron chi connectivity index (χ1n) is 8.38. The Hall–Kier alpha value is -4.52. The van der Waals surface area contributed by atoms with Gasteiger partial charge in [-0.2, -0.15) is 10.4 Å². The number of rotatable bonds is 6. The molecule has 0 aliphatic heterocycles. The van der Waals surface area contributed by atoms with Crippen molar-refractivity contribution in [1.29, 1.82) is 5.26 Å². The molecule has 0 spiro atoms. The van der Waals surface area contributed by atoms with Gasteiger partial charge in [-0.3, -0.25) is 14.9 Å². The summed E-state index contributed by atoms with van der Waals surface area (Å²) < 4.78 is 24.6. The molecule has 0 atom stereocenters. The molecular weight excluding hydrogens is 395 g/mol. The van der Waals surface area contributed by atoms with Gasteiger partial charge in [-0.25, -0.2) is 9.82 Å². The summed E-state index contributed by atoms with van der Waals surface area (Å²) in [5.41, 5.74) is 2.21. The highest BCUT2D eigenvalue weighted by atomic mass is 19.1. The third kappa shape index (κ3) is 4.31. The van der Waals surface area contributed by atoms with Crippen molar-refractivity contribution >= 4 is 17.8 Å². The number of benzene rings is 2. The van der Waals surface area contributed by atoms with Crippen molar-refractivity contribution in [3.63, 3.8) is 0 Å². The van der Waals surface area contributed by atoms with Gasteiger partial charge < -0.3 is 9.15 Å². The summed E-state index contributed by atoms with van der Waals surface area (Å²) in [7, 11) is 1.42. The number of non-ortho nitro benzene ring substituents is 1. The van der Waals surface area contributed by atoms with Gasteiger partial charge in [0.05, 0.1) is 41.0 Å². The Kier molecular flexibility index (Phi) is 5.84. The number of carbonyl (C=O) groups is 1. The number of carbonyl (C=O) groups excluding carboxylic acids is 1. The average molecular weight is 408 g/mol. The molecule has 0 radical (unpaired) electrons. The topological polar surface area (TPSA) is 131 Å². The molecule has 30 heavy (non-hydrogen) atoms. The van der Waals surface area contributed by atoms with Crippen LogP contribution in [0.3, 0.4) is 0 Å². The average Bonchev–Trinajstić information content (AvgIpc) is 3.21. The summed E-state index contributed by atoms with van der Waals surface area (Å²) in [5.74, 6) is -0.746. The van der Waals surface area contributed by atoms with Crippen molar-refractivity contribution < 1.29 is 23.3 Å². The second-order valence-electron chi connectivity index (χ2n) is 5.85. The highest BCUT2D eigenvalue weighted by Crippen LogP contribution is 2.34. The van der Waals surface area contributed by atoms with Crippen molar-refractivity contribution in [1.82, 2.24) is 5.43 Å². The molecule has 2 aromatic carbocycles. The molecule has 3 rings (SSSR count). The van der Waals surface area contributed by atoms with Crippen LogP contribution in [0.15, 0.2) is 58.0 Å². The highest BCUT2D eigenvalue weighted by Gasteiger charge is 2.16. The number of hydrazone groups is 1. The third-order valence-corrected chi connectivity index (χ3v) is 3.99. The minimum Gasteiger partial charge on any atom is -0.496 e. The Morgan fingerprint density at radius 2 is 2.10 bits per heavy atom. The van der Waals surface area contributed by atoms with Gasteiger partial charge in [0.15, 0.2) is 0 Å². The van der Waals surface area contributed by atoms with Crippen LogP contribution < -0.4 is 10.2 Å². The summed E-state index contributed by atoms with van der Waals surface area (Å²) in [6.45, 7) is 0. The smallest absolute Gasteiger partial charge is 0.274 e. The van der Waals surface area contributed by atoms with Gasteiger partial charge in [0.1, 0.15) is 23.1 Å². The molecule has 0 fully saturated rings. The molecule has 0 aliphatic carbocycles. The van der Waals surface area contributed by atoms with Crippen LogP contribution in [0.4, 0.5) is 10.1 Å². The van der Waals surface area contributed by atoms with Gasteiger partial charge >= 0.3 is 0 Å². The molecule has 0 aliphatic rings. The number of furan rings is 1. The van der Waals surface area contributed by atoms with Gasteiger partial charge in [-0.15, -0.1) is 0 Å². The zero-order valence-electron chi connectivity index (χ0n) is 15.5. The minimum atomic E-state index is -0.847. The lowest BCUT2D eigenvalue weighted by Gasteiger charge is -2.05. The number of hydrogen-bond donors (Lipinski definition) is 1. The number of hydrogen-bond acceptors (Lipinski definition) is 7. The van der Waals surface area contributed by atoms with Crippen molar-refractivity contribution in [2.45, 2.75) is 0 Å². The predicted octanol–water partition coefficient (Wildman–Crippen LogP) is 3.64. The third-order valence-electron chi connectivity index (χ3n) is 3.99. The first kappa shape index (κ1) is 20.2. The molecule has 10 heteroatoms. The lowest BCUT2D eigenvalue weighted by Crippen LogP contribution is -2.19. The summed E-state index contributed by atoms with van der Waals surface area (Å²) in [5, 5.41) is 23.4. The Labute approximate surface area is 169 Å². The van der Waals surface area contributed by atoms with Crippen LogP contribution in [0.2, 0.25) is 0 Å². The Bertz CT molecular complexity index is 1200. The van der Waals surface area contributed by atoms with Crippen molar-refractivity contribution in [3.8, 4) is 23.1 Å². The quantitative estimate of drug-likeness (QED) is 0.376. The SMILES string of the molecule is COc1ccc([N+](=O)[O-])cc1-c1ccc(/C=N/NC(=O)c2ccc(C#N)cc2F)o1. The Morgan fingerprint density at radius 3 is 2.77 bits per heavy atom. The highest BCUT2D eigenvalue weighted by molar-refractivity contribution is 5.95. The van der Waals surface area contributed by atoms with Crippen LogP contribution in [-0.2, 0) is 0 Å². The van der Waals surface area contributed by atoms with Gasteiger partial charge in [0, 0.05) is 12.1 Å². The van der Waals surface area contributed by atoms with Crippen molar-refractivity contribution in [3.05, 3.63) is 81.3 Å². The molecule has 1 amide bonds. The van der Waals surface area contributed by atoms with E-state index in [2.05, 4.69) is 10.5 Å². The number of nitrogens with zero attached hydrogens (tertiary/aromatic N) is 3. The summed E-state index contributed by atoms with van der Waals surface area (Å²) in [4.78, 5) is 22.5. The van der Waals surface area contributed by atoms with Crippen LogP contribution in [0.5, 0.6) is 5.75 Å². The molecule has 0 saturated carbocycles. The number of halogens is 1. The normalized spacial score (nSPS) is 10.6. The van der Waals surface area contributed by atoms with E-state index in [4.69, 9.17) is 14.4 Å². The van der Waals surface area contributed by atoms with E-state index in [1.165, 1.54) is 49.7 Å². The monoisotopic (exact) mass is 408 g/mol. The van der Waals surface area contributed by atoms with Crippen LogP contribution in [0, 0.1) is 27.3 Å². The second kappa shape index (κ2) is 8.66. The summed E-state index contributed by atoms with van der Waals surface area (Å²) >= 11 is 0. The zero-order valence-corrected chi connectivity index (χ0v) is 15.5. The predicted molar refractivity (Wildman–Crippen MR) is 104 cm³/mol. The number of methoxy groups -OCH3 is 1. The fourth-order valence-corrected chi connectivity index (χ4v) is 2.55. The van der Waals surface area contributed by atoms with Gasteiger partial charge in [-0.05, 0) is 36.4 Å². The van der Waals surface area contributed by atoms with Crippen LogP contribution in [0.25, 0.3) is 11.3 Å². The van der Waals surface area contributed by atoms with E-state index in [-0.39, 0.29) is 22.6 Å². The molecule has 3 aromatic rings. The number of ether oxygens (including phenoxy) is 1. The van der Waals surface area contributed by atoms with Crippen LogP contribution >= 0.6 is 0 Å². The van der Waals surface area contributed by atoms with Crippen molar-refractivity contribution in [2.75, 3.05) is 7.11 Å². The summed E-state index contributed by atoms with van der Waals surface area (Å²) in [6, 6.07) is 12.4. The first-order chi connectivity index (χ1) is 14.4. The van der Waals surface area contributed by atoms with Crippen LogP contribution in [0.1, 0.15) is 21.7 Å². The van der Waals surface area contributed by atoms with Crippen LogP contribution in [-0.4, -0.2) is 24.2 Å². The van der Waals surface area contributed by atoms with Gasteiger partial charge in [0.25, 0.3) is 11.6 Å². The number of amides is 1. The molecule has 150 valence electrons. The number of nitriles is 1. The molecule has 9 nitrogen and oxygen atoms in total. The van der Waals surface area contributed by atoms with E-state index in [0.717, 1.165) is 6.07 Å². The maximum absolute atomic E-state index is 13.8. The van der Waals surface area contributed by atoms with E-state index in [1.807, 2.05) is 0 Å².